The predicted molar refractivity (Wildman–Crippen MR) is 110 cm³/mol. The van der Waals surface area contributed by atoms with Crippen LogP contribution in [0.4, 0.5) is 0 Å². The van der Waals surface area contributed by atoms with E-state index in [0.29, 0.717) is 6.42 Å². The number of fused-ring (bicyclic) bond motifs is 1. The van der Waals surface area contributed by atoms with Crippen LogP contribution in [0, 0.1) is 6.92 Å². The first-order valence-electron chi connectivity index (χ1n) is 10.3. The Hall–Kier alpha value is -2.29. The zero-order valence-electron chi connectivity index (χ0n) is 16.8. The van der Waals surface area contributed by atoms with E-state index in [0.717, 1.165) is 25.0 Å². The highest BCUT2D eigenvalue weighted by atomic mass is 16.5. The van der Waals surface area contributed by atoms with Crippen molar-refractivity contribution >= 4 is 5.91 Å². The fourth-order valence-corrected chi connectivity index (χ4v) is 3.91. The number of nitrogens with one attached hydrogen (secondary N) is 1. The van der Waals surface area contributed by atoms with Crippen molar-refractivity contribution in [1.29, 1.82) is 0 Å². The Labute approximate surface area is 163 Å². The maximum absolute atomic E-state index is 12.9. The van der Waals surface area contributed by atoms with E-state index in [-0.39, 0.29) is 11.9 Å². The summed E-state index contributed by atoms with van der Waals surface area (Å²) in [6.07, 6.45) is 5.80. The first kappa shape index (κ1) is 19.5. The number of amides is 1. The quantitative estimate of drug-likeness (QED) is 0.723. The molecule has 0 spiro atoms. The molecule has 0 aliphatic heterocycles. The summed E-state index contributed by atoms with van der Waals surface area (Å²) in [4.78, 5) is 12.9. The van der Waals surface area contributed by atoms with Gasteiger partial charge in [0.05, 0.1) is 6.04 Å². The summed E-state index contributed by atoms with van der Waals surface area (Å²) < 4.78 is 6.09. The molecule has 27 heavy (non-hydrogen) atoms. The molecule has 1 N–H and O–H groups in total. The summed E-state index contributed by atoms with van der Waals surface area (Å²) in [5.74, 6) is 0.770. The molecule has 0 aromatic heterocycles. The molecule has 0 bridgehead atoms. The standard InChI is InChI=1S/C24H31NO2/c1-4-22(21-13-9-6-10-17(21)3)25-24(26)23(5-2)27-20-15-14-18-11-7-8-12-19(18)16-20/h6,9-10,13-16,22-23H,4-5,7-8,11-12H2,1-3H3,(H,25,26)/t22-,23-/m0/s1. The number of rotatable bonds is 7. The Kier molecular flexibility index (Phi) is 6.54. The van der Waals surface area contributed by atoms with Crippen LogP contribution in [0.2, 0.25) is 0 Å². The van der Waals surface area contributed by atoms with Crippen LogP contribution in [-0.4, -0.2) is 12.0 Å². The Morgan fingerprint density at radius 3 is 2.48 bits per heavy atom. The SMILES string of the molecule is CC[C@H](Oc1ccc2c(c1)CCCC2)C(=O)N[C@@H](CC)c1ccccc1C. The Bertz CT molecular complexity index is 784. The number of benzene rings is 2. The molecular formula is C24H31NO2. The van der Waals surface area contributed by atoms with Gasteiger partial charge in [0.2, 0.25) is 0 Å². The third-order valence-electron chi connectivity index (χ3n) is 5.55. The van der Waals surface area contributed by atoms with E-state index < -0.39 is 6.10 Å². The summed E-state index contributed by atoms with van der Waals surface area (Å²) >= 11 is 0. The van der Waals surface area contributed by atoms with Crippen molar-refractivity contribution in [3.63, 3.8) is 0 Å². The van der Waals surface area contributed by atoms with E-state index >= 15 is 0 Å². The highest BCUT2D eigenvalue weighted by Crippen LogP contribution is 2.26. The van der Waals surface area contributed by atoms with Gasteiger partial charge in [0.25, 0.3) is 5.91 Å². The number of carbonyl (C=O) groups excluding carboxylic acids is 1. The van der Waals surface area contributed by atoms with E-state index in [4.69, 9.17) is 4.74 Å². The molecule has 3 heteroatoms. The van der Waals surface area contributed by atoms with Gasteiger partial charge in [-0.1, -0.05) is 44.2 Å². The van der Waals surface area contributed by atoms with Crippen molar-refractivity contribution in [3.8, 4) is 5.75 Å². The third kappa shape index (κ3) is 4.71. The van der Waals surface area contributed by atoms with Gasteiger partial charge >= 0.3 is 0 Å². The largest absolute Gasteiger partial charge is 0.481 e. The van der Waals surface area contributed by atoms with Crippen LogP contribution < -0.4 is 10.1 Å². The van der Waals surface area contributed by atoms with E-state index in [1.54, 1.807) is 0 Å². The third-order valence-corrected chi connectivity index (χ3v) is 5.55. The highest BCUT2D eigenvalue weighted by Gasteiger charge is 2.23. The Morgan fingerprint density at radius 1 is 1.04 bits per heavy atom. The molecule has 0 fully saturated rings. The fourth-order valence-electron chi connectivity index (χ4n) is 3.91. The van der Waals surface area contributed by atoms with E-state index in [1.165, 1.54) is 35.1 Å². The average molecular weight is 366 g/mol. The van der Waals surface area contributed by atoms with Crippen molar-refractivity contribution in [2.45, 2.75) is 71.4 Å². The lowest BCUT2D eigenvalue weighted by molar-refractivity contribution is -0.128. The number of ether oxygens (including phenoxy) is 1. The second kappa shape index (κ2) is 9.07. The number of aryl methyl sites for hydroxylation is 3. The fraction of sp³-hybridized carbons (Fsp3) is 0.458. The molecule has 3 rings (SSSR count). The van der Waals surface area contributed by atoms with E-state index in [1.807, 2.05) is 25.1 Å². The molecule has 0 heterocycles. The van der Waals surface area contributed by atoms with Gasteiger partial charge in [0.1, 0.15) is 5.75 Å². The van der Waals surface area contributed by atoms with Crippen LogP contribution in [0.25, 0.3) is 0 Å². The first-order valence-corrected chi connectivity index (χ1v) is 10.3. The van der Waals surface area contributed by atoms with Crippen molar-refractivity contribution in [3.05, 3.63) is 64.7 Å². The molecule has 2 aromatic carbocycles. The lowest BCUT2D eigenvalue weighted by Gasteiger charge is -2.24. The van der Waals surface area contributed by atoms with E-state index in [9.17, 15) is 4.79 Å². The monoisotopic (exact) mass is 365 g/mol. The lowest BCUT2D eigenvalue weighted by atomic mass is 9.92. The van der Waals surface area contributed by atoms with Gasteiger partial charge in [-0.3, -0.25) is 4.79 Å². The maximum Gasteiger partial charge on any atom is 0.261 e. The molecule has 0 radical (unpaired) electrons. The number of hydrogen-bond acceptors (Lipinski definition) is 2. The van der Waals surface area contributed by atoms with Gasteiger partial charge in [-0.2, -0.15) is 0 Å². The minimum Gasteiger partial charge on any atom is -0.481 e. The first-order chi connectivity index (χ1) is 13.1. The summed E-state index contributed by atoms with van der Waals surface area (Å²) in [7, 11) is 0. The van der Waals surface area contributed by atoms with Gasteiger partial charge in [-0.15, -0.1) is 0 Å². The minimum absolute atomic E-state index is 0.0138. The van der Waals surface area contributed by atoms with Crippen LogP contribution >= 0.6 is 0 Å². The Balaban J connectivity index is 1.69. The highest BCUT2D eigenvalue weighted by molar-refractivity contribution is 5.81. The molecule has 1 aliphatic rings. The zero-order valence-corrected chi connectivity index (χ0v) is 16.8. The average Bonchev–Trinajstić information content (AvgIpc) is 2.70. The molecule has 1 aliphatic carbocycles. The molecule has 0 saturated carbocycles. The summed E-state index contributed by atoms with van der Waals surface area (Å²) in [5.41, 5.74) is 5.18. The molecular weight excluding hydrogens is 334 g/mol. The van der Waals surface area contributed by atoms with Gasteiger partial charge < -0.3 is 10.1 Å². The molecule has 0 unspecified atom stereocenters. The van der Waals surface area contributed by atoms with E-state index in [2.05, 4.69) is 43.4 Å². The summed E-state index contributed by atoms with van der Waals surface area (Å²) in [6.45, 7) is 6.19. The van der Waals surface area contributed by atoms with Crippen molar-refractivity contribution in [1.82, 2.24) is 5.32 Å². The second-order valence-electron chi connectivity index (χ2n) is 7.48. The smallest absolute Gasteiger partial charge is 0.261 e. The second-order valence-corrected chi connectivity index (χ2v) is 7.48. The van der Waals surface area contributed by atoms with Gasteiger partial charge in [-0.25, -0.2) is 0 Å². The molecule has 0 saturated heterocycles. The summed E-state index contributed by atoms with van der Waals surface area (Å²) in [6, 6.07) is 14.6. The van der Waals surface area contributed by atoms with Crippen molar-refractivity contribution < 1.29 is 9.53 Å². The predicted octanol–water partition coefficient (Wildman–Crippen LogP) is 5.30. The molecule has 1 amide bonds. The number of carbonyl (C=O) groups is 1. The minimum atomic E-state index is -0.468. The van der Waals surface area contributed by atoms with Crippen LogP contribution in [0.5, 0.6) is 5.75 Å². The van der Waals surface area contributed by atoms with Crippen molar-refractivity contribution in [2.75, 3.05) is 0 Å². The molecule has 144 valence electrons. The molecule has 2 atom stereocenters. The lowest BCUT2D eigenvalue weighted by Crippen LogP contribution is -2.40. The van der Waals surface area contributed by atoms with Crippen LogP contribution in [0.15, 0.2) is 42.5 Å². The van der Waals surface area contributed by atoms with Crippen LogP contribution in [-0.2, 0) is 17.6 Å². The normalized spacial score (nSPS) is 15.5. The topological polar surface area (TPSA) is 38.3 Å². The van der Waals surface area contributed by atoms with Crippen LogP contribution in [0.1, 0.15) is 67.8 Å². The van der Waals surface area contributed by atoms with Gasteiger partial charge in [0, 0.05) is 0 Å². The van der Waals surface area contributed by atoms with Gasteiger partial charge in [0.15, 0.2) is 6.10 Å². The Morgan fingerprint density at radius 2 is 1.78 bits per heavy atom. The molecule has 3 nitrogen and oxygen atoms in total. The maximum atomic E-state index is 12.9. The number of hydrogen-bond donors (Lipinski definition) is 1. The summed E-state index contributed by atoms with van der Waals surface area (Å²) in [5, 5.41) is 3.19. The van der Waals surface area contributed by atoms with Gasteiger partial charge in [-0.05, 0) is 79.8 Å². The van der Waals surface area contributed by atoms with Crippen molar-refractivity contribution in [2.24, 2.45) is 0 Å². The van der Waals surface area contributed by atoms with Crippen LogP contribution in [0.3, 0.4) is 0 Å². The zero-order chi connectivity index (χ0) is 19.2. The molecule has 2 aromatic rings.